The van der Waals surface area contributed by atoms with Gasteiger partial charge in [-0.05, 0) is 90.3 Å². The van der Waals surface area contributed by atoms with Gasteiger partial charge in [-0.25, -0.2) is 4.68 Å². The molecule has 1 atom stereocenters. The van der Waals surface area contributed by atoms with Crippen LogP contribution in [0.15, 0.2) is 91.1 Å². The lowest BCUT2D eigenvalue weighted by Gasteiger charge is -2.41. The fraction of sp³-hybridized carbons (Fsp3) is 0.273. The molecule has 6 heterocycles. The highest BCUT2D eigenvalue weighted by molar-refractivity contribution is 6.31. The largest absolute Gasteiger partial charge is 0.508 e. The molecule has 10 rings (SSSR count). The van der Waals surface area contributed by atoms with Crippen molar-refractivity contribution in [3.05, 3.63) is 118 Å². The molecule has 1 fully saturated rings. The third-order valence-electron chi connectivity index (χ3n) is 11.5. The van der Waals surface area contributed by atoms with Gasteiger partial charge < -0.3 is 38.9 Å². The van der Waals surface area contributed by atoms with Crippen LogP contribution in [-0.4, -0.2) is 94.8 Å². The Kier molecular flexibility index (Phi) is 9.15. The number of nitrogens with zero attached hydrogens (tertiary/aromatic N) is 5. The summed E-state index contributed by atoms with van der Waals surface area (Å²) in [7, 11) is 1.98. The Morgan fingerprint density at radius 1 is 0.897 bits per heavy atom. The number of ether oxygens (including phenoxy) is 4. The molecule has 0 saturated carbocycles. The number of amides is 2. The Morgan fingerprint density at radius 2 is 1.69 bits per heavy atom. The summed E-state index contributed by atoms with van der Waals surface area (Å²) in [5.41, 5.74) is 9.47. The molecule has 0 aliphatic carbocycles. The van der Waals surface area contributed by atoms with Crippen LogP contribution in [0, 0.1) is 0 Å². The maximum Gasteiger partial charge on any atom is 0.268 e. The summed E-state index contributed by atoms with van der Waals surface area (Å²) in [6, 6.07) is 25.4. The third kappa shape index (κ3) is 6.35. The number of aromatic hydroxyl groups is 1. The van der Waals surface area contributed by atoms with E-state index in [1.807, 2.05) is 71.2 Å². The highest BCUT2D eigenvalue weighted by atomic mass is 35.5. The third-order valence-corrected chi connectivity index (χ3v) is 11.9. The molecule has 2 amide bonds. The Hall–Kier alpha value is -6.15. The first-order chi connectivity index (χ1) is 28.3. The zero-order chi connectivity index (χ0) is 39.5. The van der Waals surface area contributed by atoms with E-state index >= 15 is 9.59 Å². The molecule has 2 aromatic heterocycles. The number of benzene rings is 4. The first-order valence-corrected chi connectivity index (χ1v) is 19.8. The van der Waals surface area contributed by atoms with Gasteiger partial charge in [0, 0.05) is 78.3 Å². The first-order valence-electron chi connectivity index (χ1n) is 19.4. The zero-order valence-electron chi connectivity index (χ0n) is 31.8. The molecule has 4 aliphatic heterocycles. The molecular formula is C44H41ClN6O7. The van der Waals surface area contributed by atoms with E-state index in [1.165, 1.54) is 0 Å². The number of aromatic nitrogens is 2. The molecule has 0 radical (unpaired) electrons. The maximum absolute atomic E-state index is 15.3. The van der Waals surface area contributed by atoms with Crippen molar-refractivity contribution in [2.75, 3.05) is 63.1 Å². The summed E-state index contributed by atoms with van der Waals surface area (Å²) >= 11 is 6.76. The number of rotatable bonds is 7. The summed E-state index contributed by atoms with van der Waals surface area (Å²) < 4.78 is 27.4. The van der Waals surface area contributed by atoms with Crippen molar-refractivity contribution in [2.24, 2.45) is 7.05 Å². The van der Waals surface area contributed by atoms with E-state index in [2.05, 4.69) is 10.3 Å². The summed E-state index contributed by atoms with van der Waals surface area (Å²) in [4.78, 5) is 36.3. The van der Waals surface area contributed by atoms with E-state index < -0.39 is 0 Å². The SMILES string of the molecule is Cn1ccc2cc(N(C(=O)c3cc(-c4cc5c(cc4C(=O)N4Cc6cccc(Cl)c6C[C@H]4CN4CCOCC4)OCO5)n4c3OCCN4)c3ccc(O)cc3)ccc21. The van der Waals surface area contributed by atoms with Crippen molar-refractivity contribution in [3.8, 4) is 34.4 Å². The fourth-order valence-electron chi connectivity index (χ4n) is 8.57. The number of carbonyl (C=O) groups is 2. The van der Waals surface area contributed by atoms with Gasteiger partial charge in [0.15, 0.2) is 11.5 Å². The summed E-state index contributed by atoms with van der Waals surface area (Å²) in [6.07, 6.45) is 2.58. The number of hydrogen-bond acceptors (Lipinski definition) is 9. The maximum atomic E-state index is 15.3. The van der Waals surface area contributed by atoms with Gasteiger partial charge in [0.2, 0.25) is 12.7 Å². The lowest BCUT2D eigenvalue weighted by atomic mass is 9.91. The monoisotopic (exact) mass is 800 g/mol. The highest BCUT2D eigenvalue weighted by Crippen LogP contribution is 2.44. The molecule has 296 valence electrons. The normalized spacial score (nSPS) is 17.3. The number of hydrogen-bond donors (Lipinski definition) is 2. The van der Waals surface area contributed by atoms with E-state index in [0.717, 1.165) is 35.1 Å². The van der Waals surface area contributed by atoms with Crippen molar-refractivity contribution in [2.45, 2.75) is 19.0 Å². The van der Waals surface area contributed by atoms with Gasteiger partial charge in [-0.3, -0.25) is 19.4 Å². The predicted molar refractivity (Wildman–Crippen MR) is 219 cm³/mol. The number of anilines is 2. The van der Waals surface area contributed by atoms with Crippen LogP contribution in [0.25, 0.3) is 22.2 Å². The molecule has 0 bridgehead atoms. The highest BCUT2D eigenvalue weighted by Gasteiger charge is 2.37. The average Bonchev–Trinajstić information content (AvgIpc) is 3.98. The number of halogens is 1. The van der Waals surface area contributed by atoms with Crippen LogP contribution in [0.2, 0.25) is 5.02 Å². The van der Waals surface area contributed by atoms with Gasteiger partial charge >= 0.3 is 0 Å². The van der Waals surface area contributed by atoms with Gasteiger partial charge in [-0.15, -0.1) is 0 Å². The standard InChI is InChI=1S/C44H41ClN6O7/c1-47-13-11-27-19-30(7-10-38(27)47)50(29-5-8-32(52)9-6-29)43(54)36-21-39(51-44(36)56-16-12-46-51)34-22-40-41(58-26-57-40)23-35(34)42(53)49-24-28-3-2-4-37(45)33(28)20-31(49)25-48-14-17-55-18-15-48/h2-11,13,19,21-23,31,46,52H,12,14-18,20,24-26H2,1H3/t31-/m0/s1. The summed E-state index contributed by atoms with van der Waals surface area (Å²) in [5.74, 6) is 0.826. The van der Waals surface area contributed by atoms with Crippen LogP contribution in [0.3, 0.4) is 0 Å². The molecule has 1 saturated heterocycles. The number of fused-ring (bicyclic) bond motifs is 4. The molecular weight excluding hydrogens is 760 g/mol. The van der Waals surface area contributed by atoms with Crippen LogP contribution < -0.4 is 24.5 Å². The quantitative estimate of drug-likeness (QED) is 0.185. The second-order valence-electron chi connectivity index (χ2n) is 15.0. The summed E-state index contributed by atoms with van der Waals surface area (Å²) in [6.45, 7) is 4.70. The minimum absolute atomic E-state index is 0.0202. The molecule has 2 N–H and O–H groups in total. The van der Waals surface area contributed by atoms with Crippen molar-refractivity contribution in [1.29, 1.82) is 0 Å². The predicted octanol–water partition coefficient (Wildman–Crippen LogP) is 6.55. The second-order valence-corrected chi connectivity index (χ2v) is 15.4. The molecule has 13 nitrogen and oxygen atoms in total. The van der Waals surface area contributed by atoms with Gasteiger partial charge in [0.1, 0.15) is 17.9 Å². The molecule has 6 aromatic rings. The van der Waals surface area contributed by atoms with Gasteiger partial charge in [-0.2, -0.15) is 0 Å². The Balaban J connectivity index is 1.09. The summed E-state index contributed by atoms with van der Waals surface area (Å²) in [5, 5.41) is 11.9. The number of aryl methyl sites for hydroxylation is 1. The van der Waals surface area contributed by atoms with Crippen LogP contribution in [0.5, 0.6) is 23.1 Å². The van der Waals surface area contributed by atoms with E-state index in [4.69, 9.17) is 30.5 Å². The van der Waals surface area contributed by atoms with Crippen molar-refractivity contribution in [1.82, 2.24) is 19.0 Å². The second kappa shape index (κ2) is 14.7. The van der Waals surface area contributed by atoms with Crippen LogP contribution >= 0.6 is 11.6 Å². The van der Waals surface area contributed by atoms with E-state index in [1.54, 1.807) is 46.0 Å². The van der Waals surface area contributed by atoms with Crippen molar-refractivity contribution < 1.29 is 33.6 Å². The zero-order valence-corrected chi connectivity index (χ0v) is 32.6. The topological polar surface area (TPSA) is 123 Å². The van der Waals surface area contributed by atoms with Gasteiger partial charge in [0.05, 0.1) is 31.0 Å². The number of carbonyl (C=O) groups excluding carboxylic acids is 2. The molecule has 58 heavy (non-hydrogen) atoms. The van der Waals surface area contributed by atoms with E-state index in [-0.39, 0.29) is 36.0 Å². The lowest BCUT2D eigenvalue weighted by molar-refractivity contribution is 0.0193. The molecule has 14 heteroatoms. The van der Waals surface area contributed by atoms with Crippen LogP contribution in [0.4, 0.5) is 11.4 Å². The molecule has 4 aliphatic rings. The minimum Gasteiger partial charge on any atom is -0.508 e. The number of phenols is 1. The van der Waals surface area contributed by atoms with Crippen LogP contribution in [-0.2, 0) is 24.8 Å². The number of phenolic OH excluding ortho intramolecular Hbond substituents is 1. The van der Waals surface area contributed by atoms with Gasteiger partial charge in [-0.1, -0.05) is 23.7 Å². The molecule has 0 unspecified atom stereocenters. The van der Waals surface area contributed by atoms with Crippen molar-refractivity contribution >= 4 is 45.7 Å². The van der Waals surface area contributed by atoms with Crippen LogP contribution in [0.1, 0.15) is 31.8 Å². The van der Waals surface area contributed by atoms with Gasteiger partial charge in [0.25, 0.3) is 11.8 Å². The number of nitrogens with one attached hydrogen (secondary N) is 1. The number of morpholine rings is 1. The van der Waals surface area contributed by atoms with E-state index in [9.17, 15) is 5.11 Å². The Labute approximate surface area is 339 Å². The average molecular weight is 801 g/mol. The first kappa shape index (κ1) is 36.2. The van der Waals surface area contributed by atoms with Crippen molar-refractivity contribution in [3.63, 3.8) is 0 Å². The smallest absolute Gasteiger partial charge is 0.268 e. The minimum atomic E-state index is -0.358. The molecule has 4 aromatic carbocycles. The lowest BCUT2D eigenvalue weighted by Crippen LogP contribution is -2.52. The fourth-order valence-corrected chi connectivity index (χ4v) is 8.84. The molecule has 0 spiro atoms. The Morgan fingerprint density at radius 3 is 2.52 bits per heavy atom. The van der Waals surface area contributed by atoms with E-state index in [0.29, 0.717) is 96.5 Å². The Bertz CT molecular complexity index is 2580.